The predicted molar refractivity (Wildman–Crippen MR) is 82.9 cm³/mol. The topological polar surface area (TPSA) is 35.2 Å². The number of aryl methyl sites for hydroxylation is 1. The van der Waals surface area contributed by atoms with Gasteiger partial charge >= 0.3 is 0 Å². The van der Waals surface area contributed by atoms with Gasteiger partial charge in [0.2, 0.25) is 0 Å². The Bertz CT molecular complexity index is 425. The number of ether oxygens (including phenoxy) is 1. The average Bonchev–Trinajstić information content (AvgIpc) is 2.99. The summed E-state index contributed by atoms with van der Waals surface area (Å²) in [6.07, 6.45) is 10.2. The van der Waals surface area contributed by atoms with Gasteiger partial charge in [0.15, 0.2) is 0 Å². The van der Waals surface area contributed by atoms with E-state index in [1.807, 2.05) is 0 Å². The molecule has 3 rings (SSSR count). The summed E-state index contributed by atoms with van der Waals surface area (Å²) in [5, 5.41) is 0. The lowest BCUT2D eigenvalue weighted by atomic mass is 9.79. The molecule has 1 aromatic carbocycles. The van der Waals surface area contributed by atoms with Crippen LogP contribution in [0.5, 0.6) is 0 Å². The van der Waals surface area contributed by atoms with Crippen molar-refractivity contribution in [3.8, 4) is 0 Å². The molecule has 0 spiro atoms. The first-order valence-corrected chi connectivity index (χ1v) is 8.28. The first-order valence-electron chi connectivity index (χ1n) is 8.28. The Balaban J connectivity index is 1.52. The van der Waals surface area contributed by atoms with Crippen molar-refractivity contribution in [2.24, 2.45) is 5.73 Å². The van der Waals surface area contributed by atoms with E-state index in [0.717, 1.165) is 25.9 Å². The van der Waals surface area contributed by atoms with E-state index in [-0.39, 0.29) is 0 Å². The van der Waals surface area contributed by atoms with Gasteiger partial charge < -0.3 is 10.5 Å². The monoisotopic (exact) mass is 273 g/mol. The summed E-state index contributed by atoms with van der Waals surface area (Å²) < 4.78 is 5.69. The number of nitrogens with two attached hydrogens (primary N) is 1. The molecule has 1 heterocycles. The summed E-state index contributed by atoms with van der Waals surface area (Å²) in [7, 11) is 0. The SMILES string of the molecule is NC(CCC1CCCO1)CC1CCCc2ccccc21. The molecule has 2 aliphatic rings. The smallest absolute Gasteiger partial charge is 0.0576 e. The van der Waals surface area contributed by atoms with Gasteiger partial charge in [-0.1, -0.05) is 24.3 Å². The summed E-state index contributed by atoms with van der Waals surface area (Å²) in [5.41, 5.74) is 9.50. The lowest BCUT2D eigenvalue weighted by Crippen LogP contribution is -2.26. The molecule has 2 N–H and O–H groups in total. The molecular formula is C18H27NO. The maximum absolute atomic E-state index is 6.38. The van der Waals surface area contributed by atoms with E-state index < -0.39 is 0 Å². The summed E-state index contributed by atoms with van der Waals surface area (Å²) in [5.74, 6) is 0.680. The Kier molecular flexibility index (Phi) is 4.74. The van der Waals surface area contributed by atoms with Gasteiger partial charge in [0, 0.05) is 12.6 Å². The van der Waals surface area contributed by atoms with Crippen molar-refractivity contribution in [3.63, 3.8) is 0 Å². The molecular weight excluding hydrogens is 246 g/mol. The summed E-state index contributed by atoms with van der Waals surface area (Å²) in [4.78, 5) is 0. The fourth-order valence-corrected chi connectivity index (χ4v) is 3.85. The molecule has 1 saturated heterocycles. The van der Waals surface area contributed by atoms with Crippen LogP contribution >= 0.6 is 0 Å². The first kappa shape index (κ1) is 14.1. The highest BCUT2D eigenvalue weighted by Gasteiger charge is 2.23. The van der Waals surface area contributed by atoms with Crippen LogP contribution in [-0.4, -0.2) is 18.8 Å². The first-order chi connectivity index (χ1) is 9.83. The Morgan fingerprint density at radius 3 is 2.95 bits per heavy atom. The van der Waals surface area contributed by atoms with E-state index in [1.165, 1.54) is 32.1 Å². The number of hydrogen-bond donors (Lipinski definition) is 1. The lowest BCUT2D eigenvalue weighted by Gasteiger charge is -2.28. The molecule has 1 aliphatic heterocycles. The van der Waals surface area contributed by atoms with Crippen molar-refractivity contribution < 1.29 is 4.74 Å². The van der Waals surface area contributed by atoms with E-state index in [9.17, 15) is 0 Å². The minimum Gasteiger partial charge on any atom is -0.378 e. The molecule has 0 saturated carbocycles. The van der Waals surface area contributed by atoms with Gasteiger partial charge in [0.25, 0.3) is 0 Å². The zero-order valence-corrected chi connectivity index (χ0v) is 12.4. The van der Waals surface area contributed by atoms with Crippen LogP contribution in [0, 0.1) is 0 Å². The number of rotatable bonds is 5. The Labute approximate surface area is 122 Å². The van der Waals surface area contributed by atoms with Gasteiger partial charge in [-0.2, -0.15) is 0 Å². The standard InChI is InChI=1S/C18H27NO/c19-16(10-11-17-8-4-12-20-17)13-15-7-3-6-14-5-1-2-9-18(14)15/h1-2,5,9,15-17H,3-4,6-8,10-13,19H2. The van der Waals surface area contributed by atoms with E-state index >= 15 is 0 Å². The minimum atomic E-state index is 0.329. The molecule has 3 unspecified atom stereocenters. The predicted octanol–water partition coefficient (Wildman–Crippen LogP) is 3.78. The van der Waals surface area contributed by atoms with Gasteiger partial charge in [-0.15, -0.1) is 0 Å². The quantitative estimate of drug-likeness (QED) is 0.886. The van der Waals surface area contributed by atoms with Crippen LogP contribution in [0.25, 0.3) is 0 Å². The van der Waals surface area contributed by atoms with Gasteiger partial charge in [-0.05, 0) is 68.4 Å². The average molecular weight is 273 g/mol. The lowest BCUT2D eigenvalue weighted by molar-refractivity contribution is 0.100. The second-order valence-corrected chi connectivity index (χ2v) is 6.50. The third kappa shape index (κ3) is 3.42. The fraction of sp³-hybridized carbons (Fsp3) is 0.667. The summed E-state index contributed by atoms with van der Waals surface area (Å²) >= 11 is 0. The fourth-order valence-electron chi connectivity index (χ4n) is 3.85. The highest BCUT2D eigenvalue weighted by Crippen LogP contribution is 2.35. The van der Waals surface area contributed by atoms with Crippen molar-refractivity contribution in [2.75, 3.05) is 6.61 Å². The molecule has 2 nitrogen and oxygen atoms in total. The maximum atomic E-state index is 6.38. The van der Waals surface area contributed by atoms with Crippen molar-refractivity contribution in [1.82, 2.24) is 0 Å². The summed E-state index contributed by atoms with van der Waals surface area (Å²) in [6.45, 7) is 0.954. The second kappa shape index (κ2) is 6.73. The largest absolute Gasteiger partial charge is 0.378 e. The van der Waals surface area contributed by atoms with Crippen molar-refractivity contribution >= 4 is 0 Å². The van der Waals surface area contributed by atoms with Crippen molar-refractivity contribution in [2.45, 2.75) is 69.4 Å². The van der Waals surface area contributed by atoms with Crippen LogP contribution in [0.2, 0.25) is 0 Å². The molecule has 0 aromatic heterocycles. The zero-order valence-electron chi connectivity index (χ0n) is 12.4. The molecule has 3 atom stereocenters. The van der Waals surface area contributed by atoms with Crippen LogP contribution in [0.1, 0.15) is 62.0 Å². The number of benzene rings is 1. The second-order valence-electron chi connectivity index (χ2n) is 6.50. The van der Waals surface area contributed by atoms with E-state index in [4.69, 9.17) is 10.5 Å². The molecule has 0 amide bonds. The van der Waals surface area contributed by atoms with Crippen molar-refractivity contribution in [3.05, 3.63) is 35.4 Å². The molecule has 0 radical (unpaired) electrons. The maximum Gasteiger partial charge on any atom is 0.0576 e. The van der Waals surface area contributed by atoms with E-state index in [0.29, 0.717) is 18.1 Å². The highest BCUT2D eigenvalue weighted by atomic mass is 16.5. The van der Waals surface area contributed by atoms with Gasteiger partial charge in [0.1, 0.15) is 0 Å². The van der Waals surface area contributed by atoms with E-state index in [2.05, 4.69) is 24.3 Å². The normalized spacial score (nSPS) is 27.2. The zero-order chi connectivity index (χ0) is 13.8. The minimum absolute atomic E-state index is 0.329. The van der Waals surface area contributed by atoms with Crippen LogP contribution in [0.3, 0.4) is 0 Å². The molecule has 1 aliphatic carbocycles. The van der Waals surface area contributed by atoms with Crippen molar-refractivity contribution in [1.29, 1.82) is 0 Å². The van der Waals surface area contributed by atoms with Gasteiger partial charge in [-0.3, -0.25) is 0 Å². The molecule has 1 aromatic rings. The third-order valence-electron chi connectivity index (χ3n) is 4.96. The van der Waals surface area contributed by atoms with E-state index in [1.54, 1.807) is 11.1 Å². The van der Waals surface area contributed by atoms with Gasteiger partial charge in [0.05, 0.1) is 6.10 Å². The number of hydrogen-bond acceptors (Lipinski definition) is 2. The highest BCUT2D eigenvalue weighted by molar-refractivity contribution is 5.32. The molecule has 20 heavy (non-hydrogen) atoms. The Morgan fingerprint density at radius 1 is 1.20 bits per heavy atom. The van der Waals surface area contributed by atoms with Crippen LogP contribution in [0.15, 0.2) is 24.3 Å². The molecule has 2 heteroatoms. The molecule has 1 fully saturated rings. The van der Waals surface area contributed by atoms with Crippen LogP contribution < -0.4 is 5.73 Å². The Morgan fingerprint density at radius 2 is 2.10 bits per heavy atom. The van der Waals surface area contributed by atoms with Gasteiger partial charge in [-0.25, -0.2) is 0 Å². The van der Waals surface area contributed by atoms with Crippen LogP contribution in [-0.2, 0) is 11.2 Å². The number of fused-ring (bicyclic) bond motifs is 1. The summed E-state index contributed by atoms with van der Waals surface area (Å²) in [6, 6.07) is 9.27. The third-order valence-corrected chi connectivity index (χ3v) is 4.96. The molecule has 110 valence electrons. The Hall–Kier alpha value is -0.860. The molecule has 0 bridgehead atoms. The van der Waals surface area contributed by atoms with Crippen LogP contribution in [0.4, 0.5) is 0 Å².